The first-order chi connectivity index (χ1) is 13.3. The maximum atomic E-state index is 12.3. The normalized spacial score (nSPS) is 17.1. The predicted molar refractivity (Wildman–Crippen MR) is 107 cm³/mol. The highest BCUT2D eigenvalue weighted by Gasteiger charge is 2.20. The summed E-state index contributed by atoms with van der Waals surface area (Å²) in [6.07, 6.45) is 1.61. The molecule has 8 heteroatoms. The van der Waals surface area contributed by atoms with Crippen LogP contribution in [0.15, 0.2) is 57.1 Å². The SMILES string of the molecule is CCNC(=NCCS(=O)c1ccccc1)N1CCN(Cc2ccon2)CC1. The summed E-state index contributed by atoms with van der Waals surface area (Å²) in [5, 5.41) is 7.34. The Labute approximate surface area is 162 Å². The van der Waals surface area contributed by atoms with Crippen LogP contribution >= 0.6 is 0 Å². The molecule has 27 heavy (non-hydrogen) atoms. The minimum atomic E-state index is -1.01. The number of aromatic nitrogens is 1. The minimum absolute atomic E-state index is 0.533. The Bertz CT molecular complexity index is 728. The van der Waals surface area contributed by atoms with Gasteiger partial charge in [0.2, 0.25) is 0 Å². The van der Waals surface area contributed by atoms with Gasteiger partial charge in [-0.15, -0.1) is 0 Å². The summed E-state index contributed by atoms with van der Waals surface area (Å²) in [6, 6.07) is 11.5. The molecule has 146 valence electrons. The van der Waals surface area contributed by atoms with Crippen molar-refractivity contribution in [2.24, 2.45) is 4.99 Å². The molecule has 2 heterocycles. The number of hydrogen-bond acceptors (Lipinski definition) is 5. The summed E-state index contributed by atoms with van der Waals surface area (Å²) in [5.74, 6) is 1.44. The van der Waals surface area contributed by atoms with Crippen LogP contribution < -0.4 is 5.32 Å². The van der Waals surface area contributed by atoms with Crippen molar-refractivity contribution < 1.29 is 8.73 Å². The molecule has 1 saturated heterocycles. The topological polar surface area (TPSA) is 74.0 Å². The molecule has 1 atom stereocenters. The van der Waals surface area contributed by atoms with Gasteiger partial charge >= 0.3 is 0 Å². The maximum Gasteiger partial charge on any atom is 0.194 e. The number of piperazine rings is 1. The fourth-order valence-electron chi connectivity index (χ4n) is 3.02. The standard InChI is InChI=1S/C19H27N5O2S/c1-2-20-19(21-9-15-27(25)18-6-4-3-5-7-18)24-12-10-23(11-13-24)16-17-8-14-26-22-17/h3-8,14H,2,9-13,15-16H2,1H3,(H,20,21). The summed E-state index contributed by atoms with van der Waals surface area (Å²) in [6.45, 7) is 7.96. The van der Waals surface area contributed by atoms with Crippen molar-refractivity contribution in [1.29, 1.82) is 0 Å². The van der Waals surface area contributed by atoms with E-state index >= 15 is 0 Å². The zero-order valence-electron chi connectivity index (χ0n) is 15.7. The van der Waals surface area contributed by atoms with Crippen molar-refractivity contribution in [3.63, 3.8) is 0 Å². The molecule has 0 radical (unpaired) electrons. The number of guanidine groups is 1. The van der Waals surface area contributed by atoms with Crippen LogP contribution in [0.5, 0.6) is 0 Å². The average molecular weight is 390 g/mol. The van der Waals surface area contributed by atoms with E-state index in [0.717, 1.165) is 55.8 Å². The highest BCUT2D eigenvalue weighted by Crippen LogP contribution is 2.08. The number of aliphatic imine (C=N–C) groups is 1. The van der Waals surface area contributed by atoms with Gasteiger partial charge < -0.3 is 14.7 Å². The molecule has 7 nitrogen and oxygen atoms in total. The van der Waals surface area contributed by atoms with Gasteiger partial charge in [0.25, 0.3) is 0 Å². The van der Waals surface area contributed by atoms with Crippen molar-refractivity contribution in [2.45, 2.75) is 18.4 Å². The van der Waals surface area contributed by atoms with E-state index in [4.69, 9.17) is 9.52 Å². The molecule has 0 amide bonds. The van der Waals surface area contributed by atoms with E-state index in [1.165, 1.54) is 0 Å². The van der Waals surface area contributed by atoms with Crippen LogP contribution in [0.4, 0.5) is 0 Å². The summed E-state index contributed by atoms with van der Waals surface area (Å²) in [5.41, 5.74) is 0.965. The number of rotatable bonds is 7. The van der Waals surface area contributed by atoms with Gasteiger partial charge in [-0.25, -0.2) is 0 Å². The largest absolute Gasteiger partial charge is 0.364 e. The molecule has 1 aromatic heterocycles. The molecule has 0 aliphatic carbocycles. The Morgan fingerprint density at radius 2 is 2.00 bits per heavy atom. The van der Waals surface area contributed by atoms with Crippen LogP contribution in [-0.2, 0) is 17.3 Å². The van der Waals surface area contributed by atoms with E-state index in [1.807, 2.05) is 36.4 Å². The van der Waals surface area contributed by atoms with Crippen LogP contribution in [0.3, 0.4) is 0 Å². The second kappa shape index (κ2) is 10.2. The van der Waals surface area contributed by atoms with Crippen molar-refractivity contribution >= 4 is 16.8 Å². The molecule has 1 unspecified atom stereocenters. The quantitative estimate of drug-likeness (QED) is 0.572. The fourth-order valence-corrected chi connectivity index (χ4v) is 3.97. The van der Waals surface area contributed by atoms with E-state index in [9.17, 15) is 4.21 Å². The first kappa shape index (κ1) is 19.6. The molecule has 0 saturated carbocycles. The van der Waals surface area contributed by atoms with Crippen molar-refractivity contribution in [1.82, 2.24) is 20.3 Å². The van der Waals surface area contributed by atoms with Gasteiger partial charge in [-0.2, -0.15) is 0 Å². The Morgan fingerprint density at radius 1 is 1.22 bits per heavy atom. The number of nitrogens with one attached hydrogen (secondary N) is 1. The lowest BCUT2D eigenvalue weighted by molar-refractivity contribution is 0.169. The molecule has 1 fully saturated rings. The second-order valence-electron chi connectivity index (χ2n) is 6.35. The van der Waals surface area contributed by atoms with Crippen LogP contribution in [0, 0.1) is 0 Å². The first-order valence-electron chi connectivity index (χ1n) is 9.34. The monoisotopic (exact) mass is 389 g/mol. The van der Waals surface area contributed by atoms with E-state index in [1.54, 1.807) is 6.26 Å². The lowest BCUT2D eigenvalue weighted by Crippen LogP contribution is -2.52. The van der Waals surface area contributed by atoms with Crippen LogP contribution in [0.2, 0.25) is 0 Å². The van der Waals surface area contributed by atoms with Crippen LogP contribution in [0.25, 0.3) is 0 Å². The van der Waals surface area contributed by atoms with Crippen molar-refractivity contribution in [3.8, 4) is 0 Å². The second-order valence-corrected chi connectivity index (χ2v) is 7.92. The molecular weight excluding hydrogens is 362 g/mol. The molecule has 1 aliphatic rings. The third-order valence-corrected chi connectivity index (χ3v) is 5.78. The maximum absolute atomic E-state index is 12.3. The molecule has 0 spiro atoms. The van der Waals surface area contributed by atoms with Gasteiger partial charge in [0.05, 0.1) is 23.0 Å². The molecular formula is C19H27N5O2S. The number of benzene rings is 1. The smallest absolute Gasteiger partial charge is 0.194 e. The molecule has 1 N–H and O–H groups in total. The molecule has 1 aliphatic heterocycles. The van der Waals surface area contributed by atoms with Gasteiger partial charge in [-0.1, -0.05) is 23.4 Å². The number of nitrogens with zero attached hydrogens (tertiary/aromatic N) is 4. The summed E-state index contributed by atoms with van der Waals surface area (Å²) in [4.78, 5) is 10.2. The Hall–Kier alpha value is -2.19. The lowest BCUT2D eigenvalue weighted by atomic mass is 10.3. The van der Waals surface area contributed by atoms with Gasteiger partial charge in [0.1, 0.15) is 6.26 Å². The minimum Gasteiger partial charge on any atom is -0.364 e. The van der Waals surface area contributed by atoms with E-state index in [0.29, 0.717) is 12.3 Å². The first-order valence-corrected chi connectivity index (χ1v) is 10.7. The van der Waals surface area contributed by atoms with E-state index in [-0.39, 0.29) is 0 Å². The zero-order chi connectivity index (χ0) is 18.9. The molecule has 2 aromatic rings. The Balaban J connectivity index is 1.49. The summed E-state index contributed by atoms with van der Waals surface area (Å²) >= 11 is 0. The number of hydrogen-bond donors (Lipinski definition) is 1. The molecule has 0 bridgehead atoms. The van der Waals surface area contributed by atoms with Crippen LogP contribution in [-0.4, -0.2) is 70.1 Å². The van der Waals surface area contributed by atoms with E-state index in [2.05, 4.69) is 27.2 Å². The zero-order valence-corrected chi connectivity index (χ0v) is 16.5. The fraction of sp³-hybridized carbons (Fsp3) is 0.474. The summed E-state index contributed by atoms with van der Waals surface area (Å²) < 4.78 is 17.2. The third kappa shape index (κ3) is 5.90. The van der Waals surface area contributed by atoms with Gasteiger partial charge in [0, 0.05) is 56.0 Å². The summed E-state index contributed by atoms with van der Waals surface area (Å²) in [7, 11) is -1.01. The van der Waals surface area contributed by atoms with Crippen LogP contribution in [0.1, 0.15) is 12.6 Å². The van der Waals surface area contributed by atoms with Gasteiger partial charge in [-0.05, 0) is 19.1 Å². The predicted octanol–water partition coefficient (Wildman–Crippen LogP) is 1.57. The Morgan fingerprint density at radius 3 is 2.67 bits per heavy atom. The highest BCUT2D eigenvalue weighted by molar-refractivity contribution is 7.85. The highest BCUT2D eigenvalue weighted by atomic mass is 32.2. The Kier molecular flexibility index (Phi) is 7.41. The van der Waals surface area contributed by atoms with Gasteiger partial charge in [-0.3, -0.25) is 14.1 Å². The van der Waals surface area contributed by atoms with E-state index < -0.39 is 10.8 Å². The molecule has 3 rings (SSSR count). The van der Waals surface area contributed by atoms with Crippen molar-refractivity contribution in [2.75, 3.05) is 45.0 Å². The average Bonchev–Trinajstić information content (AvgIpc) is 3.21. The third-order valence-electron chi connectivity index (χ3n) is 4.43. The molecule has 1 aromatic carbocycles. The van der Waals surface area contributed by atoms with Gasteiger partial charge in [0.15, 0.2) is 5.96 Å². The van der Waals surface area contributed by atoms with Crippen molar-refractivity contribution in [3.05, 3.63) is 48.4 Å². The lowest BCUT2D eigenvalue weighted by Gasteiger charge is -2.36.